The Morgan fingerprint density at radius 3 is 3.05 bits per heavy atom. The molecule has 0 bridgehead atoms. The average molecular weight is 290 g/mol. The molecule has 2 unspecified atom stereocenters. The van der Waals surface area contributed by atoms with Crippen molar-refractivity contribution < 1.29 is 4.79 Å². The van der Waals surface area contributed by atoms with Crippen molar-refractivity contribution >= 4 is 11.6 Å². The highest BCUT2D eigenvalue weighted by Crippen LogP contribution is 2.18. The summed E-state index contributed by atoms with van der Waals surface area (Å²) in [7, 11) is 2.14. The van der Waals surface area contributed by atoms with Gasteiger partial charge in [0.05, 0.1) is 11.3 Å². The van der Waals surface area contributed by atoms with Crippen molar-refractivity contribution in [3.05, 3.63) is 24.0 Å². The number of anilines is 1. The lowest BCUT2D eigenvalue weighted by Gasteiger charge is -2.35. The summed E-state index contributed by atoms with van der Waals surface area (Å²) in [4.78, 5) is 18.9. The first-order chi connectivity index (χ1) is 10.1. The number of nitrogens with one attached hydrogen (secondary N) is 2. The SMILES string of the molecule is CCCNc1ccncc1C(=O)NC1CCN(C)C(C)C1. The zero-order valence-electron chi connectivity index (χ0n) is 13.2. The second-order valence-electron chi connectivity index (χ2n) is 5.87. The Bertz CT molecular complexity index is 477. The fourth-order valence-electron chi connectivity index (χ4n) is 2.67. The van der Waals surface area contributed by atoms with Crippen LogP contribution in [0.5, 0.6) is 0 Å². The van der Waals surface area contributed by atoms with Gasteiger partial charge in [-0.05, 0) is 39.3 Å². The van der Waals surface area contributed by atoms with E-state index in [1.807, 2.05) is 6.07 Å². The van der Waals surface area contributed by atoms with Crippen LogP contribution in [-0.2, 0) is 0 Å². The second-order valence-corrected chi connectivity index (χ2v) is 5.87. The van der Waals surface area contributed by atoms with Crippen LogP contribution in [0.3, 0.4) is 0 Å². The first-order valence-corrected chi connectivity index (χ1v) is 7.80. The van der Waals surface area contributed by atoms with Crippen LogP contribution >= 0.6 is 0 Å². The van der Waals surface area contributed by atoms with E-state index in [2.05, 4.69) is 41.4 Å². The lowest BCUT2D eigenvalue weighted by molar-refractivity contribution is 0.0897. The molecule has 116 valence electrons. The maximum Gasteiger partial charge on any atom is 0.255 e. The summed E-state index contributed by atoms with van der Waals surface area (Å²) in [6.07, 6.45) is 6.39. The quantitative estimate of drug-likeness (QED) is 0.872. The molecule has 1 saturated heterocycles. The van der Waals surface area contributed by atoms with Crippen LogP contribution in [0.1, 0.15) is 43.5 Å². The number of likely N-dealkylation sites (tertiary alicyclic amines) is 1. The van der Waals surface area contributed by atoms with Crippen LogP contribution in [0.15, 0.2) is 18.5 Å². The summed E-state index contributed by atoms with van der Waals surface area (Å²) in [5, 5.41) is 6.45. The summed E-state index contributed by atoms with van der Waals surface area (Å²) >= 11 is 0. The van der Waals surface area contributed by atoms with Gasteiger partial charge >= 0.3 is 0 Å². The number of hydrogen-bond acceptors (Lipinski definition) is 4. The fourth-order valence-corrected chi connectivity index (χ4v) is 2.67. The smallest absolute Gasteiger partial charge is 0.255 e. The number of amides is 1. The number of rotatable bonds is 5. The molecule has 5 heteroatoms. The predicted molar refractivity (Wildman–Crippen MR) is 85.6 cm³/mol. The second kappa shape index (κ2) is 7.41. The maximum atomic E-state index is 12.5. The molecule has 1 amide bonds. The molecule has 0 saturated carbocycles. The highest BCUT2D eigenvalue weighted by atomic mass is 16.1. The number of aromatic nitrogens is 1. The highest BCUT2D eigenvalue weighted by Gasteiger charge is 2.24. The summed E-state index contributed by atoms with van der Waals surface area (Å²) in [6, 6.07) is 2.63. The molecule has 2 N–H and O–H groups in total. The third-order valence-electron chi connectivity index (χ3n) is 4.17. The highest BCUT2D eigenvalue weighted by molar-refractivity contribution is 5.99. The summed E-state index contributed by atoms with van der Waals surface area (Å²) in [5.74, 6) is -0.0246. The van der Waals surface area contributed by atoms with E-state index in [0.717, 1.165) is 38.0 Å². The summed E-state index contributed by atoms with van der Waals surface area (Å²) < 4.78 is 0. The largest absolute Gasteiger partial charge is 0.384 e. The molecule has 0 spiro atoms. The van der Waals surface area contributed by atoms with E-state index in [1.165, 1.54) is 0 Å². The molecule has 2 heterocycles. The number of hydrogen-bond donors (Lipinski definition) is 2. The molecule has 1 aromatic heterocycles. The molecule has 0 radical (unpaired) electrons. The van der Waals surface area contributed by atoms with Crippen molar-refractivity contribution in [3.8, 4) is 0 Å². The van der Waals surface area contributed by atoms with Gasteiger partial charge < -0.3 is 15.5 Å². The maximum absolute atomic E-state index is 12.5. The Kier molecular flexibility index (Phi) is 5.56. The standard InChI is InChI=1S/C16H26N4O/c1-4-7-18-15-5-8-17-11-14(15)16(21)19-13-6-9-20(3)12(2)10-13/h5,8,11-13H,4,6-7,9-10H2,1-3H3,(H,17,18)(H,19,21). The van der Waals surface area contributed by atoms with Crippen LogP contribution in [0.4, 0.5) is 5.69 Å². The molecule has 0 aliphatic carbocycles. The van der Waals surface area contributed by atoms with Crippen LogP contribution in [-0.4, -0.2) is 48.0 Å². The van der Waals surface area contributed by atoms with E-state index >= 15 is 0 Å². The zero-order valence-corrected chi connectivity index (χ0v) is 13.2. The topological polar surface area (TPSA) is 57.3 Å². The van der Waals surface area contributed by atoms with E-state index in [1.54, 1.807) is 12.4 Å². The molecular formula is C16H26N4O. The van der Waals surface area contributed by atoms with E-state index in [-0.39, 0.29) is 11.9 Å². The molecule has 2 atom stereocenters. The lowest BCUT2D eigenvalue weighted by Crippen LogP contribution is -2.47. The van der Waals surface area contributed by atoms with Crippen LogP contribution in [0.25, 0.3) is 0 Å². The molecule has 0 aromatic carbocycles. The van der Waals surface area contributed by atoms with Crippen LogP contribution in [0.2, 0.25) is 0 Å². The van der Waals surface area contributed by atoms with E-state index in [4.69, 9.17) is 0 Å². The number of pyridine rings is 1. The van der Waals surface area contributed by atoms with Gasteiger partial charge in [0.25, 0.3) is 5.91 Å². The Morgan fingerprint density at radius 2 is 2.33 bits per heavy atom. The van der Waals surface area contributed by atoms with E-state index in [0.29, 0.717) is 11.6 Å². The van der Waals surface area contributed by atoms with Gasteiger partial charge in [-0.3, -0.25) is 9.78 Å². The van der Waals surface area contributed by atoms with Gasteiger partial charge in [0.1, 0.15) is 0 Å². The molecule has 21 heavy (non-hydrogen) atoms. The summed E-state index contributed by atoms with van der Waals surface area (Å²) in [6.45, 7) is 6.19. The Morgan fingerprint density at radius 1 is 1.52 bits per heavy atom. The molecule has 2 rings (SSSR count). The van der Waals surface area contributed by atoms with Crippen molar-refractivity contribution in [1.29, 1.82) is 0 Å². The monoisotopic (exact) mass is 290 g/mol. The third-order valence-corrected chi connectivity index (χ3v) is 4.17. The first kappa shape index (κ1) is 15.8. The van der Waals surface area contributed by atoms with Gasteiger partial charge in [0.15, 0.2) is 0 Å². The molecule has 1 aliphatic heterocycles. The fraction of sp³-hybridized carbons (Fsp3) is 0.625. The van der Waals surface area contributed by atoms with Gasteiger partial charge in [-0.1, -0.05) is 6.92 Å². The zero-order chi connectivity index (χ0) is 15.2. The Hall–Kier alpha value is -1.62. The third kappa shape index (κ3) is 4.17. The first-order valence-electron chi connectivity index (χ1n) is 7.80. The number of nitrogens with zero attached hydrogens (tertiary/aromatic N) is 2. The van der Waals surface area contributed by atoms with Crippen molar-refractivity contribution in [1.82, 2.24) is 15.2 Å². The predicted octanol–water partition coefficient (Wildman–Crippen LogP) is 2.12. The molecule has 1 aromatic rings. The van der Waals surface area contributed by atoms with Crippen molar-refractivity contribution in [2.24, 2.45) is 0 Å². The molecular weight excluding hydrogens is 264 g/mol. The van der Waals surface area contributed by atoms with Gasteiger partial charge in [0.2, 0.25) is 0 Å². The van der Waals surface area contributed by atoms with Gasteiger partial charge in [-0.2, -0.15) is 0 Å². The minimum atomic E-state index is -0.0246. The Labute approximate surface area is 127 Å². The normalized spacial score (nSPS) is 22.8. The Balaban J connectivity index is 2.00. The van der Waals surface area contributed by atoms with E-state index in [9.17, 15) is 4.79 Å². The van der Waals surface area contributed by atoms with Crippen LogP contribution in [0, 0.1) is 0 Å². The van der Waals surface area contributed by atoms with Gasteiger partial charge in [-0.15, -0.1) is 0 Å². The number of piperidine rings is 1. The molecule has 1 aliphatic rings. The van der Waals surface area contributed by atoms with E-state index < -0.39 is 0 Å². The van der Waals surface area contributed by atoms with Crippen molar-refractivity contribution in [2.75, 3.05) is 25.5 Å². The van der Waals surface area contributed by atoms with Crippen LogP contribution < -0.4 is 10.6 Å². The lowest BCUT2D eigenvalue weighted by atomic mass is 9.98. The number of carbonyl (C=O) groups is 1. The van der Waals surface area contributed by atoms with Crippen molar-refractivity contribution in [2.45, 2.75) is 45.2 Å². The molecule has 5 nitrogen and oxygen atoms in total. The van der Waals surface area contributed by atoms with Gasteiger partial charge in [0, 0.05) is 37.6 Å². The van der Waals surface area contributed by atoms with Gasteiger partial charge in [-0.25, -0.2) is 0 Å². The summed E-state index contributed by atoms with van der Waals surface area (Å²) in [5.41, 5.74) is 1.50. The average Bonchev–Trinajstić information content (AvgIpc) is 2.49. The number of carbonyl (C=O) groups excluding carboxylic acids is 1. The van der Waals surface area contributed by atoms with Crippen molar-refractivity contribution in [3.63, 3.8) is 0 Å². The molecule has 1 fully saturated rings. The minimum Gasteiger partial charge on any atom is -0.384 e. The minimum absolute atomic E-state index is 0.0246.